The quantitative estimate of drug-likeness (QED) is 0.801. The van der Waals surface area contributed by atoms with Gasteiger partial charge in [0.2, 0.25) is 11.8 Å². The second kappa shape index (κ2) is 8.43. The molecule has 1 fully saturated rings. The Kier molecular flexibility index (Phi) is 5.55. The van der Waals surface area contributed by atoms with Crippen LogP contribution in [-0.4, -0.2) is 60.2 Å². The van der Waals surface area contributed by atoms with E-state index in [4.69, 9.17) is 0 Å². The number of piperazine rings is 1. The standard InChI is InChI=1S/C22H23FN4O2/c23-18-8-4-5-9-20(18)25-12-14-26(15-13-25)22(29)16-27-21(28)11-10-19(24-27)17-6-2-1-3-7-17/h1-9H,10-16H2. The average Bonchev–Trinajstić information content (AvgIpc) is 2.76. The van der Waals surface area contributed by atoms with Gasteiger partial charge in [-0.1, -0.05) is 42.5 Å². The van der Waals surface area contributed by atoms with Gasteiger partial charge in [-0.15, -0.1) is 0 Å². The second-order valence-corrected chi connectivity index (χ2v) is 7.18. The van der Waals surface area contributed by atoms with Crippen molar-refractivity contribution >= 4 is 23.2 Å². The van der Waals surface area contributed by atoms with Crippen molar-refractivity contribution in [1.82, 2.24) is 9.91 Å². The van der Waals surface area contributed by atoms with E-state index < -0.39 is 0 Å². The summed E-state index contributed by atoms with van der Waals surface area (Å²) in [5, 5.41) is 5.72. The smallest absolute Gasteiger partial charge is 0.244 e. The molecule has 0 spiro atoms. The molecule has 4 rings (SSSR count). The summed E-state index contributed by atoms with van der Waals surface area (Å²) in [6.07, 6.45) is 0.928. The number of benzene rings is 2. The first kappa shape index (κ1) is 19.1. The summed E-state index contributed by atoms with van der Waals surface area (Å²) in [6.45, 7) is 2.03. The van der Waals surface area contributed by atoms with Gasteiger partial charge in [-0.2, -0.15) is 5.10 Å². The molecule has 0 saturated carbocycles. The normalized spacial score (nSPS) is 17.3. The van der Waals surface area contributed by atoms with Gasteiger partial charge in [0.25, 0.3) is 0 Å². The summed E-state index contributed by atoms with van der Waals surface area (Å²) >= 11 is 0. The van der Waals surface area contributed by atoms with Crippen LogP contribution in [0.25, 0.3) is 0 Å². The molecule has 29 heavy (non-hydrogen) atoms. The first-order chi connectivity index (χ1) is 14.1. The molecule has 2 aromatic carbocycles. The van der Waals surface area contributed by atoms with Crippen LogP contribution in [0.5, 0.6) is 0 Å². The zero-order valence-electron chi connectivity index (χ0n) is 16.1. The number of anilines is 1. The molecule has 0 atom stereocenters. The Hall–Kier alpha value is -3.22. The zero-order valence-corrected chi connectivity index (χ0v) is 16.1. The zero-order chi connectivity index (χ0) is 20.2. The molecule has 0 aromatic heterocycles. The summed E-state index contributed by atoms with van der Waals surface area (Å²) in [7, 11) is 0. The van der Waals surface area contributed by atoms with Crippen LogP contribution in [0.3, 0.4) is 0 Å². The fourth-order valence-corrected chi connectivity index (χ4v) is 3.70. The second-order valence-electron chi connectivity index (χ2n) is 7.18. The fraction of sp³-hybridized carbons (Fsp3) is 0.318. The van der Waals surface area contributed by atoms with Gasteiger partial charge >= 0.3 is 0 Å². The molecular weight excluding hydrogens is 371 g/mol. The van der Waals surface area contributed by atoms with Crippen LogP contribution in [-0.2, 0) is 9.59 Å². The monoisotopic (exact) mass is 394 g/mol. The highest BCUT2D eigenvalue weighted by atomic mass is 19.1. The van der Waals surface area contributed by atoms with Crippen LogP contribution in [0.1, 0.15) is 18.4 Å². The average molecular weight is 394 g/mol. The third kappa shape index (κ3) is 4.29. The van der Waals surface area contributed by atoms with Crippen LogP contribution in [0.15, 0.2) is 59.7 Å². The van der Waals surface area contributed by atoms with Crippen molar-refractivity contribution in [3.63, 3.8) is 0 Å². The van der Waals surface area contributed by atoms with E-state index in [0.29, 0.717) is 44.7 Å². The number of carbonyl (C=O) groups excluding carboxylic acids is 2. The Balaban J connectivity index is 1.38. The van der Waals surface area contributed by atoms with Gasteiger partial charge in [-0.25, -0.2) is 9.40 Å². The highest BCUT2D eigenvalue weighted by Crippen LogP contribution is 2.20. The lowest BCUT2D eigenvalue weighted by atomic mass is 10.0. The summed E-state index contributed by atoms with van der Waals surface area (Å²) < 4.78 is 14.0. The molecular formula is C22H23FN4O2. The number of para-hydroxylation sites is 1. The van der Waals surface area contributed by atoms with E-state index in [1.165, 1.54) is 11.1 Å². The van der Waals surface area contributed by atoms with E-state index >= 15 is 0 Å². The van der Waals surface area contributed by atoms with Gasteiger partial charge in [-0.05, 0) is 17.7 Å². The van der Waals surface area contributed by atoms with Crippen molar-refractivity contribution in [1.29, 1.82) is 0 Å². The minimum absolute atomic E-state index is 0.0606. The lowest BCUT2D eigenvalue weighted by molar-refractivity contribution is -0.141. The molecule has 0 aliphatic carbocycles. The van der Waals surface area contributed by atoms with Crippen LogP contribution < -0.4 is 4.90 Å². The number of hydrazone groups is 1. The lowest BCUT2D eigenvalue weighted by Crippen LogP contribution is -2.51. The van der Waals surface area contributed by atoms with E-state index in [0.717, 1.165) is 11.3 Å². The molecule has 2 aliphatic heterocycles. The molecule has 0 radical (unpaired) electrons. The highest BCUT2D eigenvalue weighted by molar-refractivity contribution is 6.04. The van der Waals surface area contributed by atoms with Gasteiger partial charge < -0.3 is 9.80 Å². The van der Waals surface area contributed by atoms with Crippen LogP contribution in [0, 0.1) is 5.82 Å². The number of carbonyl (C=O) groups is 2. The maximum Gasteiger partial charge on any atom is 0.244 e. The van der Waals surface area contributed by atoms with E-state index in [1.54, 1.807) is 23.1 Å². The SMILES string of the molecule is O=C(CN1N=C(c2ccccc2)CCC1=O)N1CCN(c2ccccc2F)CC1. The van der Waals surface area contributed by atoms with Gasteiger partial charge in [-0.3, -0.25) is 9.59 Å². The molecule has 0 N–H and O–H groups in total. The first-order valence-corrected chi connectivity index (χ1v) is 9.82. The van der Waals surface area contributed by atoms with Crippen molar-refractivity contribution in [2.24, 2.45) is 5.10 Å². The molecule has 6 nitrogen and oxygen atoms in total. The van der Waals surface area contributed by atoms with Gasteiger partial charge in [0.1, 0.15) is 12.4 Å². The Labute approximate surface area is 169 Å². The van der Waals surface area contributed by atoms with Crippen molar-refractivity contribution in [2.45, 2.75) is 12.8 Å². The molecule has 0 bridgehead atoms. The van der Waals surface area contributed by atoms with E-state index in [1.807, 2.05) is 35.2 Å². The summed E-state index contributed by atoms with van der Waals surface area (Å²) in [5.41, 5.74) is 2.35. The van der Waals surface area contributed by atoms with Crippen molar-refractivity contribution in [3.05, 3.63) is 66.0 Å². The Morgan fingerprint density at radius 3 is 2.34 bits per heavy atom. The Morgan fingerprint density at radius 2 is 1.62 bits per heavy atom. The number of nitrogens with zero attached hydrogens (tertiary/aromatic N) is 4. The molecule has 2 aliphatic rings. The van der Waals surface area contributed by atoms with Crippen LogP contribution >= 0.6 is 0 Å². The van der Waals surface area contributed by atoms with Gasteiger partial charge in [0, 0.05) is 39.0 Å². The Bertz CT molecular complexity index is 923. The molecule has 2 amide bonds. The summed E-state index contributed by atoms with van der Waals surface area (Å²) in [5.74, 6) is -0.526. The van der Waals surface area contributed by atoms with Crippen LogP contribution in [0.4, 0.5) is 10.1 Å². The lowest BCUT2D eigenvalue weighted by Gasteiger charge is -2.37. The molecule has 1 saturated heterocycles. The maximum atomic E-state index is 14.0. The molecule has 7 heteroatoms. The number of amides is 2. The molecule has 2 heterocycles. The largest absolute Gasteiger partial charge is 0.366 e. The number of halogens is 1. The summed E-state index contributed by atoms with van der Waals surface area (Å²) in [6, 6.07) is 16.4. The Morgan fingerprint density at radius 1 is 0.931 bits per heavy atom. The predicted molar refractivity (Wildman–Crippen MR) is 109 cm³/mol. The van der Waals surface area contributed by atoms with Crippen molar-refractivity contribution in [3.8, 4) is 0 Å². The third-order valence-corrected chi connectivity index (χ3v) is 5.32. The van der Waals surface area contributed by atoms with Gasteiger partial charge in [0.05, 0.1) is 11.4 Å². The molecule has 2 aromatic rings. The number of hydrogen-bond acceptors (Lipinski definition) is 4. The van der Waals surface area contributed by atoms with E-state index in [9.17, 15) is 14.0 Å². The minimum atomic E-state index is -0.256. The molecule has 0 unspecified atom stereocenters. The predicted octanol–water partition coefficient (Wildman–Crippen LogP) is 2.50. The highest BCUT2D eigenvalue weighted by Gasteiger charge is 2.27. The first-order valence-electron chi connectivity index (χ1n) is 9.82. The van der Waals surface area contributed by atoms with Crippen LogP contribution in [0.2, 0.25) is 0 Å². The molecule has 150 valence electrons. The van der Waals surface area contributed by atoms with Crippen molar-refractivity contribution < 1.29 is 14.0 Å². The fourth-order valence-electron chi connectivity index (χ4n) is 3.70. The van der Waals surface area contributed by atoms with E-state index in [-0.39, 0.29) is 24.2 Å². The van der Waals surface area contributed by atoms with E-state index in [2.05, 4.69) is 5.10 Å². The van der Waals surface area contributed by atoms with Gasteiger partial charge in [0.15, 0.2) is 0 Å². The third-order valence-electron chi connectivity index (χ3n) is 5.32. The maximum absolute atomic E-state index is 14.0. The topological polar surface area (TPSA) is 56.2 Å². The van der Waals surface area contributed by atoms with Crippen molar-refractivity contribution in [2.75, 3.05) is 37.6 Å². The number of hydrogen-bond donors (Lipinski definition) is 0. The number of rotatable bonds is 4. The minimum Gasteiger partial charge on any atom is -0.366 e. The summed E-state index contributed by atoms with van der Waals surface area (Å²) in [4.78, 5) is 28.7.